The largest absolute Gasteiger partial charge is 0.455 e. The number of hydrogen-bond donors (Lipinski definition) is 2. The zero-order chi connectivity index (χ0) is 28.6. The van der Waals surface area contributed by atoms with Crippen LogP contribution in [0.4, 0.5) is 14.5 Å². The Kier molecular flexibility index (Phi) is 5.32. The Morgan fingerprint density at radius 2 is 1.68 bits per heavy atom. The summed E-state index contributed by atoms with van der Waals surface area (Å²) in [6.07, 6.45) is 4.28. The second-order valence-electron chi connectivity index (χ2n) is 9.89. The number of pyridine rings is 2. The zero-order valence-electron chi connectivity index (χ0n) is 21.6. The summed E-state index contributed by atoms with van der Waals surface area (Å²) < 4.78 is 60.7. The lowest BCUT2D eigenvalue weighted by Gasteiger charge is -2.20. The molecule has 41 heavy (non-hydrogen) atoms. The Labute approximate surface area is 230 Å². The van der Waals surface area contributed by atoms with Gasteiger partial charge in [-0.1, -0.05) is 6.07 Å². The average Bonchev–Trinajstić information content (AvgIpc) is 3.54. The zero-order valence-corrected chi connectivity index (χ0v) is 22.4. The first-order chi connectivity index (χ1) is 19.6. The normalized spacial score (nSPS) is 12.2. The second-order valence-corrected chi connectivity index (χ2v) is 11.9. The summed E-state index contributed by atoms with van der Waals surface area (Å²) in [5.74, 6) is -0.864. The van der Waals surface area contributed by atoms with Gasteiger partial charge >= 0.3 is 0 Å². The molecule has 0 bridgehead atoms. The molecule has 11 heteroatoms. The number of fused-ring (bicyclic) bond motifs is 6. The number of benzene rings is 3. The molecule has 204 valence electrons. The van der Waals surface area contributed by atoms with E-state index in [0.29, 0.717) is 49.7 Å². The molecule has 0 spiro atoms. The summed E-state index contributed by atoms with van der Waals surface area (Å²) in [6, 6.07) is 15.5. The molecule has 8 nitrogen and oxygen atoms in total. The van der Waals surface area contributed by atoms with Crippen LogP contribution in [-0.2, 0) is 10.0 Å². The monoisotopic (exact) mass is 570 g/mol. The summed E-state index contributed by atoms with van der Waals surface area (Å²) in [4.78, 5) is 23.5. The van der Waals surface area contributed by atoms with E-state index >= 15 is 0 Å². The van der Waals surface area contributed by atoms with Crippen molar-refractivity contribution >= 4 is 59.5 Å². The van der Waals surface area contributed by atoms with Crippen molar-refractivity contribution in [3.8, 4) is 22.4 Å². The molecule has 0 fully saturated rings. The molecule has 0 aliphatic rings. The van der Waals surface area contributed by atoms with Gasteiger partial charge in [0.1, 0.15) is 22.8 Å². The second kappa shape index (κ2) is 8.73. The van der Waals surface area contributed by atoms with Crippen LogP contribution in [0.5, 0.6) is 0 Å². The Hall–Kier alpha value is -5.03. The number of anilines is 1. The Morgan fingerprint density at radius 3 is 2.46 bits per heavy atom. The van der Waals surface area contributed by atoms with Gasteiger partial charge in [-0.3, -0.25) is 14.1 Å². The first kappa shape index (κ1) is 25.0. The van der Waals surface area contributed by atoms with Gasteiger partial charge < -0.3 is 14.4 Å². The summed E-state index contributed by atoms with van der Waals surface area (Å²) in [5, 5.41) is 1.64. The number of furan rings is 1. The molecule has 0 saturated heterocycles. The molecule has 0 aliphatic carbocycles. The maximum absolute atomic E-state index is 14.4. The predicted octanol–water partition coefficient (Wildman–Crippen LogP) is 6.31. The lowest BCUT2D eigenvalue weighted by atomic mass is 10.00. The third kappa shape index (κ3) is 3.96. The van der Waals surface area contributed by atoms with Crippen molar-refractivity contribution in [3.05, 3.63) is 95.0 Å². The number of rotatable bonds is 4. The summed E-state index contributed by atoms with van der Waals surface area (Å²) in [5.41, 5.74) is 3.58. The van der Waals surface area contributed by atoms with Gasteiger partial charge in [0.05, 0.1) is 22.8 Å². The topological polar surface area (TPSA) is 112 Å². The van der Waals surface area contributed by atoms with Gasteiger partial charge in [-0.2, -0.15) is 0 Å². The summed E-state index contributed by atoms with van der Waals surface area (Å²) in [7, 11) is -2.28. The summed E-state index contributed by atoms with van der Waals surface area (Å²) >= 11 is 0. The molecule has 3 aromatic carbocycles. The molecule has 7 rings (SSSR count). The molecule has 4 aromatic heterocycles. The summed E-state index contributed by atoms with van der Waals surface area (Å²) in [6.45, 7) is 0. The fourth-order valence-electron chi connectivity index (χ4n) is 5.23. The van der Waals surface area contributed by atoms with E-state index in [1.54, 1.807) is 48.8 Å². The maximum Gasteiger partial charge on any atom is 0.260 e. The van der Waals surface area contributed by atoms with Gasteiger partial charge in [-0.25, -0.2) is 17.2 Å². The van der Waals surface area contributed by atoms with Crippen molar-refractivity contribution < 1.29 is 21.6 Å². The molecule has 0 atom stereocenters. The molecular weight excluding hydrogens is 550 g/mol. The molecule has 0 aliphatic heterocycles. The lowest BCUT2D eigenvalue weighted by Crippen LogP contribution is -2.25. The number of aromatic amines is 2. The van der Waals surface area contributed by atoms with Crippen LogP contribution in [0.1, 0.15) is 0 Å². The number of hydrogen-bond acceptors (Lipinski definition) is 5. The fraction of sp³-hybridized carbons (Fsp3) is 0.0667. The average molecular weight is 571 g/mol. The Bertz CT molecular complexity index is 2370. The number of H-pyrrole nitrogens is 2. The lowest BCUT2D eigenvalue weighted by molar-refractivity contribution is 0.600. The Balaban J connectivity index is 1.51. The van der Waals surface area contributed by atoms with Gasteiger partial charge in [0.15, 0.2) is 0 Å². The highest BCUT2D eigenvalue weighted by Crippen LogP contribution is 2.40. The highest BCUT2D eigenvalue weighted by atomic mass is 32.2. The van der Waals surface area contributed by atoms with Crippen molar-refractivity contribution in [1.82, 2.24) is 15.0 Å². The number of sulfonamides is 1. The quantitative estimate of drug-likeness (QED) is 0.258. The first-order valence-electron chi connectivity index (χ1n) is 12.5. The fourth-order valence-corrected chi connectivity index (χ4v) is 5.74. The van der Waals surface area contributed by atoms with Crippen LogP contribution in [0.25, 0.3) is 66.1 Å². The Morgan fingerprint density at radius 1 is 0.878 bits per heavy atom. The van der Waals surface area contributed by atoms with Crippen LogP contribution in [0.15, 0.2) is 82.3 Å². The van der Waals surface area contributed by atoms with E-state index in [9.17, 15) is 22.0 Å². The predicted molar refractivity (Wildman–Crippen MR) is 156 cm³/mol. The molecule has 0 amide bonds. The molecule has 7 aromatic rings. The van der Waals surface area contributed by atoms with Crippen molar-refractivity contribution in [2.24, 2.45) is 0 Å². The SMILES string of the molecule is CN(c1cc2oc3c4ccc(F)cc4[nH]c(=O)c3c2cc1-c1cncc(-c2cc3c(F)cccc3[nH]2)c1)S(C)(=O)=O. The minimum atomic E-state index is -3.70. The highest BCUT2D eigenvalue weighted by molar-refractivity contribution is 7.92. The number of aromatic nitrogens is 3. The van der Waals surface area contributed by atoms with Crippen molar-refractivity contribution in [2.45, 2.75) is 0 Å². The minimum absolute atomic E-state index is 0.254. The van der Waals surface area contributed by atoms with Crippen LogP contribution in [0.2, 0.25) is 0 Å². The molecule has 0 unspecified atom stereocenters. The molecule has 4 heterocycles. The van der Waals surface area contributed by atoms with E-state index in [4.69, 9.17) is 4.42 Å². The van der Waals surface area contributed by atoms with Crippen LogP contribution >= 0.6 is 0 Å². The van der Waals surface area contributed by atoms with Gasteiger partial charge in [0.25, 0.3) is 5.56 Å². The van der Waals surface area contributed by atoms with E-state index in [0.717, 1.165) is 10.6 Å². The van der Waals surface area contributed by atoms with Crippen molar-refractivity contribution in [3.63, 3.8) is 0 Å². The molecule has 0 saturated carbocycles. The smallest absolute Gasteiger partial charge is 0.260 e. The molecular formula is C30H20F2N4O4S. The molecule has 2 N–H and O–H groups in total. The van der Waals surface area contributed by atoms with E-state index in [-0.39, 0.29) is 27.9 Å². The van der Waals surface area contributed by atoms with Crippen molar-refractivity contribution in [1.29, 1.82) is 0 Å². The third-order valence-electron chi connectivity index (χ3n) is 7.32. The van der Waals surface area contributed by atoms with Crippen LogP contribution in [0.3, 0.4) is 0 Å². The number of halogens is 2. The first-order valence-corrected chi connectivity index (χ1v) is 14.3. The van der Waals surface area contributed by atoms with E-state index in [1.807, 2.05) is 0 Å². The van der Waals surface area contributed by atoms with Crippen LogP contribution < -0.4 is 9.86 Å². The van der Waals surface area contributed by atoms with Gasteiger partial charge in [0, 0.05) is 69.6 Å². The van der Waals surface area contributed by atoms with E-state index < -0.39 is 21.4 Å². The standard InChI is InChI=1S/C30H20F2N4O4S/c1-36(41(2,38)39)26-12-27-21(28-29(40-27)18-7-6-17(31)9-25(18)35-30(28)37)10-19(26)15-8-16(14-33-13-15)24-11-20-22(32)4-3-5-23(20)34-24/h3-14,34H,1-2H3,(H,35,37). The van der Waals surface area contributed by atoms with Gasteiger partial charge in [0.2, 0.25) is 10.0 Å². The van der Waals surface area contributed by atoms with Crippen LogP contribution in [-0.4, -0.2) is 36.7 Å². The third-order valence-corrected chi connectivity index (χ3v) is 8.51. The molecule has 0 radical (unpaired) electrons. The van der Waals surface area contributed by atoms with Gasteiger partial charge in [-0.15, -0.1) is 0 Å². The number of nitrogens with one attached hydrogen (secondary N) is 2. The number of nitrogens with zero attached hydrogens (tertiary/aromatic N) is 2. The van der Waals surface area contributed by atoms with E-state index in [1.165, 1.54) is 31.3 Å². The van der Waals surface area contributed by atoms with Gasteiger partial charge in [-0.05, 0) is 48.5 Å². The minimum Gasteiger partial charge on any atom is -0.455 e. The van der Waals surface area contributed by atoms with Crippen molar-refractivity contribution in [2.75, 3.05) is 17.6 Å². The highest BCUT2D eigenvalue weighted by Gasteiger charge is 2.23. The van der Waals surface area contributed by atoms with Crippen LogP contribution in [0, 0.1) is 11.6 Å². The van der Waals surface area contributed by atoms with E-state index in [2.05, 4.69) is 15.0 Å². The maximum atomic E-state index is 14.4.